The van der Waals surface area contributed by atoms with Gasteiger partial charge >= 0.3 is 5.97 Å². The molecule has 0 unspecified atom stereocenters. The van der Waals surface area contributed by atoms with Gasteiger partial charge < -0.3 is 25.3 Å². The number of ether oxygens (including phenoxy) is 3. The fourth-order valence-corrected chi connectivity index (χ4v) is 4.21. The van der Waals surface area contributed by atoms with Gasteiger partial charge in [-0.1, -0.05) is 12.1 Å². The molecule has 0 aliphatic carbocycles. The molecule has 9 heteroatoms. The van der Waals surface area contributed by atoms with Crippen molar-refractivity contribution in [2.45, 2.75) is 51.9 Å². The number of aromatic nitrogens is 2. The van der Waals surface area contributed by atoms with Gasteiger partial charge in [-0.15, -0.1) is 0 Å². The maximum atomic E-state index is 13.0. The molecule has 1 aromatic heterocycles. The van der Waals surface area contributed by atoms with Crippen molar-refractivity contribution in [2.75, 3.05) is 20.3 Å². The van der Waals surface area contributed by atoms with Gasteiger partial charge in [0, 0.05) is 18.0 Å². The van der Waals surface area contributed by atoms with Crippen LogP contribution in [0.3, 0.4) is 0 Å². The number of rotatable bonds is 8. The van der Waals surface area contributed by atoms with Gasteiger partial charge in [-0.05, 0) is 81.5 Å². The first-order valence-corrected chi connectivity index (χ1v) is 12.4. The van der Waals surface area contributed by atoms with Gasteiger partial charge in [-0.2, -0.15) is 5.10 Å². The van der Waals surface area contributed by atoms with E-state index in [1.807, 2.05) is 32.9 Å². The third-order valence-corrected chi connectivity index (χ3v) is 5.97. The Kier molecular flexibility index (Phi) is 7.94. The fourth-order valence-electron chi connectivity index (χ4n) is 4.21. The number of nitrogens with zero attached hydrogens (tertiary/aromatic N) is 1. The van der Waals surface area contributed by atoms with Crippen LogP contribution in [0.15, 0.2) is 36.4 Å². The Morgan fingerprint density at radius 3 is 2.65 bits per heavy atom. The first-order chi connectivity index (χ1) is 17.6. The van der Waals surface area contributed by atoms with E-state index in [0.717, 1.165) is 30.2 Å². The number of carbonyl (C=O) groups excluding carboxylic acids is 2. The maximum absolute atomic E-state index is 13.0. The number of nitrogens with one attached hydrogen (secondary N) is 2. The highest BCUT2D eigenvalue weighted by Crippen LogP contribution is 2.26. The maximum Gasteiger partial charge on any atom is 0.339 e. The highest BCUT2D eigenvalue weighted by molar-refractivity contribution is 6.01. The van der Waals surface area contributed by atoms with Gasteiger partial charge in [-0.25, -0.2) is 4.79 Å². The largest absolute Gasteiger partial charge is 0.456 e. The predicted molar refractivity (Wildman–Crippen MR) is 142 cm³/mol. The van der Waals surface area contributed by atoms with E-state index in [4.69, 9.17) is 19.9 Å². The second-order valence-electron chi connectivity index (χ2n) is 10.00. The molecule has 0 atom stereocenters. The van der Waals surface area contributed by atoms with Crippen LogP contribution in [-0.4, -0.2) is 54.2 Å². The summed E-state index contributed by atoms with van der Waals surface area (Å²) in [7, 11) is 1.58. The summed E-state index contributed by atoms with van der Waals surface area (Å²) in [4.78, 5) is 25.0. The summed E-state index contributed by atoms with van der Waals surface area (Å²) in [6.07, 6.45) is 4.08. The summed E-state index contributed by atoms with van der Waals surface area (Å²) in [5, 5.41) is 10.7. The Hall–Kier alpha value is -3.69. The molecule has 0 radical (unpaired) electrons. The monoisotopic (exact) mass is 506 g/mol. The number of benzene rings is 2. The van der Waals surface area contributed by atoms with Crippen LogP contribution in [0.5, 0.6) is 0 Å². The van der Waals surface area contributed by atoms with Crippen molar-refractivity contribution in [2.24, 2.45) is 5.73 Å². The van der Waals surface area contributed by atoms with Gasteiger partial charge in [-0.3, -0.25) is 9.89 Å². The lowest BCUT2D eigenvalue weighted by Crippen LogP contribution is -2.24. The molecule has 4 N–H and O–H groups in total. The summed E-state index contributed by atoms with van der Waals surface area (Å²) in [5.41, 5.74) is 10.1. The molecule has 1 saturated heterocycles. The van der Waals surface area contributed by atoms with Gasteiger partial charge in [0.1, 0.15) is 11.3 Å². The van der Waals surface area contributed by atoms with Crippen molar-refractivity contribution < 1.29 is 23.8 Å². The lowest BCUT2D eigenvalue weighted by atomic mass is 9.98. The van der Waals surface area contributed by atoms with Crippen molar-refractivity contribution in [1.82, 2.24) is 15.5 Å². The van der Waals surface area contributed by atoms with Crippen LogP contribution < -0.4 is 11.1 Å². The zero-order valence-corrected chi connectivity index (χ0v) is 21.7. The molecule has 3 aromatic rings. The molecular weight excluding hydrogens is 472 g/mol. The van der Waals surface area contributed by atoms with E-state index in [9.17, 15) is 9.59 Å². The van der Waals surface area contributed by atoms with Crippen molar-refractivity contribution in [1.29, 1.82) is 0 Å². The van der Waals surface area contributed by atoms with E-state index in [1.165, 1.54) is 0 Å². The average Bonchev–Trinajstić information content (AvgIpc) is 3.52. The smallest absolute Gasteiger partial charge is 0.339 e. The molecule has 9 nitrogen and oxygen atoms in total. The van der Waals surface area contributed by atoms with Gasteiger partial charge in [0.25, 0.3) is 5.91 Å². The molecule has 0 saturated carbocycles. The number of H-pyrrole nitrogens is 1. The summed E-state index contributed by atoms with van der Waals surface area (Å²) in [5.74, 6) is -0.612. The molecule has 2 aromatic carbocycles. The van der Waals surface area contributed by atoms with E-state index in [1.54, 1.807) is 37.4 Å². The molecule has 0 bridgehead atoms. The molecule has 1 aliphatic heterocycles. The normalized spacial score (nSPS) is 14.8. The number of hydrogen-bond acceptors (Lipinski definition) is 7. The number of carbonyl (C=O) groups is 2. The second-order valence-corrected chi connectivity index (χ2v) is 10.00. The number of hydrogen-bond donors (Lipinski definition) is 3. The third-order valence-electron chi connectivity index (χ3n) is 5.97. The van der Waals surface area contributed by atoms with Gasteiger partial charge in [0.2, 0.25) is 0 Å². The lowest BCUT2D eigenvalue weighted by Gasteiger charge is -2.20. The Morgan fingerprint density at radius 1 is 1.19 bits per heavy atom. The Bertz CT molecular complexity index is 1320. The van der Waals surface area contributed by atoms with E-state index in [-0.39, 0.29) is 12.2 Å². The third kappa shape index (κ3) is 6.55. The van der Waals surface area contributed by atoms with E-state index in [2.05, 4.69) is 15.5 Å². The molecule has 196 valence electrons. The number of fused-ring (bicyclic) bond motifs is 1. The molecule has 4 rings (SSSR count). The number of aryl methyl sites for hydroxylation is 1. The average molecular weight is 507 g/mol. The van der Waals surface area contributed by atoms with Crippen LogP contribution in [0.25, 0.3) is 22.7 Å². The first-order valence-electron chi connectivity index (χ1n) is 12.4. The summed E-state index contributed by atoms with van der Waals surface area (Å²) < 4.78 is 16.7. The van der Waals surface area contributed by atoms with Crippen LogP contribution in [0.1, 0.15) is 71.1 Å². The van der Waals surface area contributed by atoms with Crippen LogP contribution in [0.4, 0.5) is 0 Å². The first kappa shape index (κ1) is 26.4. The van der Waals surface area contributed by atoms with Crippen molar-refractivity contribution in [3.05, 3.63) is 64.3 Å². The van der Waals surface area contributed by atoms with Crippen LogP contribution in [-0.2, 0) is 20.6 Å². The van der Waals surface area contributed by atoms with E-state index >= 15 is 0 Å². The summed E-state index contributed by atoms with van der Waals surface area (Å²) >= 11 is 0. The number of nitrogens with two attached hydrogens (primary N) is 1. The minimum Gasteiger partial charge on any atom is -0.456 e. The zero-order valence-electron chi connectivity index (χ0n) is 21.7. The molecular formula is C28H34N4O5. The number of aromatic amines is 1. The molecule has 37 heavy (non-hydrogen) atoms. The van der Waals surface area contributed by atoms with Gasteiger partial charge in [0.15, 0.2) is 6.29 Å². The highest BCUT2D eigenvalue weighted by Gasteiger charge is 2.21. The van der Waals surface area contributed by atoms with Crippen molar-refractivity contribution in [3.8, 4) is 0 Å². The van der Waals surface area contributed by atoms with Crippen molar-refractivity contribution in [3.63, 3.8) is 0 Å². The predicted octanol–water partition coefficient (Wildman–Crippen LogP) is 4.03. The molecule has 0 spiro atoms. The summed E-state index contributed by atoms with van der Waals surface area (Å²) in [6.45, 7) is 6.77. The fraction of sp³-hybridized carbons (Fsp3) is 0.393. The van der Waals surface area contributed by atoms with E-state index in [0.29, 0.717) is 46.8 Å². The Balaban J connectivity index is 1.64. The Labute approximate surface area is 216 Å². The van der Waals surface area contributed by atoms with Crippen LogP contribution in [0.2, 0.25) is 0 Å². The molecule has 1 amide bonds. The topological polar surface area (TPSA) is 129 Å². The number of amides is 1. The zero-order chi connectivity index (χ0) is 26.6. The second kappa shape index (κ2) is 11.1. The standard InChI is InChI=1S/C28H34N4O5/c1-28(2,3)37-27(34)20-10-8-17(6-5-7-24-35-12-13-36-24)14-19(20)15-22(29)25-21-11-9-18(26(33)30-4)16-23(21)31-32-25/h8-11,14-16,24H,5-7,12-13,29H2,1-4H3,(H,30,33)(H,31,32)/b22-15+. The van der Waals surface area contributed by atoms with Gasteiger partial charge in [0.05, 0.1) is 30.0 Å². The molecule has 1 fully saturated rings. The highest BCUT2D eigenvalue weighted by atomic mass is 16.7. The minimum atomic E-state index is -0.634. The van der Waals surface area contributed by atoms with Crippen LogP contribution >= 0.6 is 0 Å². The van der Waals surface area contributed by atoms with Crippen molar-refractivity contribution >= 4 is 34.6 Å². The van der Waals surface area contributed by atoms with Crippen LogP contribution in [0, 0.1) is 0 Å². The lowest BCUT2D eigenvalue weighted by molar-refractivity contribution is -0.0475. The summed E-state index contributed by atoms with van der Waals surface area (Å²) in [6, 6.07) is 10.9. The van der Waals surface area contributed by atoms with E-state index < -0.39 is 11.6 Å². The molecule has 1 aliphatic rings. The molecule has 2 heterocycles. The SMILES string of the molecule is CNC(=O)c1ccc2c(/C(N)=C\c3cc(CCCC4OCCO4)ccc3C(=O)OC(C)(C)C)n[nH]c2c1. The number of esters is 1. The quantitative estimate of drug-likeness (QED) is 0.394. The Morgan fingerprint density at radius 2 is 1.95 bits per heavy atom. The minimum absolute atomic E-state index is 0.145.